The van der Waals surface area contributed by atoms with Gasteiger partial charge in [-0.2, -0.15) is 4.31 Å². The molecule has 2 atom stereocenters. The van der Waals surface area contributed by atoms with Crippen molar-refractivity contribution in [1.29, 1.82) is 0 Å². The Hall–Kier alpha value is -2.58. The molecule has 2 N–H and O–H groups in total. The van der Waals surface area contributed by atoms with Gasteiger partial charge in [-0.1, -0.05) is 19.4 Å². The van der Waals surface area contributed by atoms with Crippen LogP contribution in [0, 0.1) is 11.8 Å². The zero-order chi connectivity index (χ0) is 21.7. The third kappa shape index (κ3) is 5.12. The molecule has 30 heavy (non-hydrogen) atoms. The highest BCUT2D eigenvalue weighted by Crippen LogP contribution is 2.32. The molecule has 0 saturated carbocycles. The van der Waals surface area contributed by atoms with Crippen molar-refractivity contribution in [2.24, 2.45) is 11.8 Å². The van der Waals surface area contributed by atoms with Crippen molar-refractivity contribution in [3.8, 4) is 11.5 Å². The Morgan fingerprint density at radius 2 is 1.93 bits per heavy atom. The van der Waals surface area contributed by atoms with E-state index in [0.717, 1.165) is 6.42 Å². The van der Waals surface area contributed by atoms with Gasteiger partial charge in [0.25, 0.3) is 0 Å². The van der Waals surface area contributed by atoms with Crippen LogP contribution in [0.25, 0.3) is 0 Å². The first kappa shape index (κ1) is 22.1. The van der Waals surface area contributed by atoms with Gasteiger partial charge in [-0.25, -0.2) is 8.42 Å². The summed E-state index contributed by atoms with van der Waals surface area (Å²) in [6, 6.07) is 12.8. The summed E-state index contributed by atoms with van der Waals surface area (Å²) in [6.07, 6.45) is 1.74. The second-order valence-corrected chi connectivity index (χ2v) is 9.50. The van der Waals surface area contributed by atoms with Gasteiger partial charge >= 0.3 is 0 Å². The number of benzene rings is 2. The summed E-state index contributed by atoms with van der Waals surface area (Å²) in [5, 5.41) is 12.3. The number of nitrogens with one attached hydrogen (secondary N) is 1. The molecule has 162 valence electrons. The molecular weight excluding hydrogens is 404 g/mol. The van der Waals surface area contributed by atoms with Crippen LogP contribution in [-0.4, -0.2) is 43.9 Å². The van der Waals surface area contributed by atoms with Crippen LogP contribution in [0.3, 0.4) is 0 Å². The largest absolute Gasteiger partial charge is 0.508 e. The van der Waals surface area contributed by atoms with E-state index in [1.807, 2.05) is 6.92 Å². The lowest BCUT2D eigenvalue weighted by molar-refractivity contribution is -0.117. The van der Waals surface area contributed by atoms with Crippen LogP contribution in [0.15, 0.2) is 53.4 Å². The summed E-state index contributed by atoms with van der Waals surface area (Å²) in [5.41, 5.74) is 0.549. The van der Waals surface area contributed by atoms with Gasteiger partial charge in [-0.15, -0.1) is 0 Å². The van der Waals surface area contributed by atoms with E-state index < -0.39 is 10.0 Å². The van der Waals surface area contributed by atoms with Gasteiger partial charge < -0.3 is 15.2 Å². The lowest BCUT2D eigenvalue weighted by atomic mass is 9.82. The average molecular weight is 433 g/mol. The van der Waals surface area contributed by atoms with E-state index in [4.69, 9.17) is 4.74 Å². The van der Waals surface area contributed by atoms with Crippen LogP contribution in [0.2, 0.25) is 0 Å². The van der Waals surface area contributed by atoms with Crippen LogP contribution in [0.1, 0.15) is 26.2 Å². The molecule has 2 aromatic rings. The summed E-state index contributed by atoms with van der Waals surface area (Å²) in [5.74, 6) is 0.778. The van der Waals surface area contributed by atoms with Crippen LogP contribution < -0.4 is 10.1 Å². The van der Waals surface area contributed by atoms with Gasteiger partial charge in [0.05, 0.1) is 12.0 Å². The number of methoxy groups -OCH3 is 1. The number of hydrogen-bond donors (Lipinski definition) is 2. The standard InChI is InChI=1S/C22H28N2O5S/c1-3-16-15-24(30(27,28)21-9-7-20(29-2)8-10-21)12-11-17(16)13-22(26)23-18-5-4-6-19(25)14-18/h4-10,14,16-17,25H,3,11-13,15H2,1-2H3,(H,23,26)/t16-,17+/m1/s1. The molecular formula is C22H28N2O5S. The number of rotatable bonds is 7. The first-order valence-corrected chi connectivity index (χ1v) is 11.5. The maximum atomic E-state index is 13.0. The minimum absolute atomic E-state index is 0.0938. The molecule has 0 spiro atoms. The smallest absolute Gasteiger partial charge is 0.243 e. The fourth-order valence-corrected chi connectivity index (χ4v) is 5.44. The van der Waals surface area contributed by atoms with Crippen molar-refractivity contribution < 1.29 is 23.1 Å². The number of sulfonamides is 1. The maximum Gasteiger partial charge on any atom is 0.243 e. The SMILES string of the molecule is CC[C@@H]1CN(S(=O)(=O)c2ccc(OC)cc2)CC[C@H]1CC(=O)Nc1cccc(O)c1. The lowest BCUT2D eigenvalue weighted by Gasteiger charge is -2.37. The predicted molar refractivity (Wildman–Crippen MR) is 115 cm³/mol. The zero-order valence-corrected chi connectivity index (χ0v) is 18.1. The molecule has 3 rings (SSSR count). The first-order valence-electron chi connectivity index (χ1n) is 10.1. The number of ether oxygens (including phenoxy) is 1. The van der Waals surface area contributed by atoms with E-state index in [9.17, 15) is 18.3 Å². The fourth-order valence-electron chi connectivity index (χ4n) is 3.93. The number of anilines is 1. The molecule has 0 aliphatic carbocycles. The Morgan fingerprint density at radius 1 is 1.20 bits per heavy atom. The van der Waals surface area contributed by atoms with Gasteiger partial charge in [-0.3, -0.25) is 4.79 Å². The summed E-state index contributed by atoms with van der Waals surface area (Å²) < 4.78 is 32.7. The van der Waals surface area contributed by atoms with Crippen molar-refractivity contribution >= 4 is 21.6 Å². The normalized spacial score (nSPS) is 19.9. The summed E-state index contributed by atoms with van der Waals surface area (Å²) in [7, 11) is -2.05. The lowest BCUT2D eigenvalue weighted by Crippen LogP contribution is -2.44. The van der Waals surface area contributed by atoms with Gasteiger partial charge in [0, 0.05) is 31.3 Å². The number of carbonyl (C=O) groups is 1. The number of nitrogens with zero attached hydrogens (tertiary/aromatic N) is 1. The van der Waals surface area contributed by atoms with Gasteiger partial charge in [-0.05, 0) is 54.7 Å². The van der Waals surface area contributed by atoms with Crippen LogP contribution in [0.5, 0.6) is 11.5 Å². The second-order valence-electron chi connectivity index (χ2n) is 7.56. The molecule has 8 heteroatoms. The molecule has 0 unspecified atom stereocenters. The quantitative estimate of drug-likeness (QED) is 0.698. The predicted octanol–water partition coefficient (Wildman–Crippen LogP) is 3.47. The van der Waals surface area contributed by atoms with E-state index in [1.54, 1.807) is 42.5 Å². The Morgan fingerprint density at radius 3 is 2.57 bits per heavy atom. The van der Waals surface area contributed by atoms with Crippen molar-refractivity contribution in [3.63, 3.8) is 0 Å². The van der Waals surface area contributed by atoms with Crippen LogP contribution in [-0.2, 0) is 14.8 Å². The molecule has 1 heterocycles. The molecule has 1 saturated heterocycles. The molecule has 1 aliphatic rings. The molecule has 0 bridgehead atoms. The Labute approximate surface area is 177 Å². The minimum Gasteiger partial charge on any atom is -0.508 e. The number of carbonyl (C=O) groups excluding carboxylic acids is 1. The second kappa shape index (κ2) is 9.49. The monoisotopic (exact) mass is 432 g/mol. The van der Waals surface area contributed by atoms with Crippen molar-refractivity contribution in [1.82, 2.24) is 4.31 Å². The Kier molecular flexibility index (Phi) is 6.99. The number of piperidine rings is 1. The fraction of sp³-hybridized carbons (Fsp3) is 0.409. The molecule has 0 aromatic heterocycles. The van der Waals surface area contributed by atoms with Crippen molar-refractivity contribution in [3.05, 3.63) is 48.5 Å². The zero-order valence-electron chi connectivity index (χ0n) is 17.2. The van der Waals surface area contributed by atoms with E-state index in [-0.39, 0.29) is 28.4 Å². The van der Waals surface area contributed by atoms with E-state index in [1.165, 1.54) is 17.5 Å². The number of hydrogen-bond acceptors (Lipinski definition) is 5. The average Bonchev–Trinajstić information content (AvgIpc) is 2.74. The Bertz CT molecular complexity index is 975. The van der Waals surface area contributed by atoms with E-state index in [0.29, 0.717) is 37.4 Å². The van der Waals surface area contributed by atoms with Gasteiger partial charge in [0.2, 0.25) is 15.9 Å². The van der Waals surface area contributed by atoms with Gasteiger partial charge in [0.15, 0.2) is 0 Å². The number of phenols is 1. The highest BCUT2D eigenvalue weighted by molar-refractivity contribution is 7.89. The molecule has 0 radical (unpaired) electrons. The topological polar surface area (TPSA) is 95.9 Å². The van der Waals surface area contributed by atoms with E-state index >= 15 is 0 Å². The molecule has 1 aliphatic heterocycles. The third-order valence-electron chi connectivity index (χ3n) is 5.65. The molecule has 7 nitrogen and oxygen atoms in total. The summed E-state index contributed by atoms with van der Waals surface area (Å²) >= 11 is 0. The van der Waals surface area contributed by atoms with Crippen LogP contribution in [0.4, 0.5) is 5.69 Å². The number of aromatic hydroxyl groups is 1. The molecule has 2 aromatic carbocycles. The summed E-state index contributed by atoms with van der Waals surface area (Å²) in [6.45, 7) is 2.80. The number of amides is 1. The highest BCUT2D eigenvalue weighted by Gasteiger charge is 2.35. The highest BCUT2D eigenvalue weighted by atomic mass is 32.2. The summed E-state index contributed by atoms with van der Waals surface area (Å²) in [4.78, 5) is 12.7. The maximum absolute atomic E-state index is 13.0. The molecule has 1 amide bonds. The first-order chi connectivity index (χ1) is 14.3. The minimum atomic E-state index is -3.59. The van der Waals surface area contributed by atoms with E-state index in [2.05, 4.69) is 5.32 Å². The van der Waals surface area contributed by atoms with Gasteiger partial charge in [0.1, 0.15) is 11.5 Å². The van der Waals surface area contributed by atoms with Crippen LogP contribution >= 0.6 is 0 Å². The van der Waals surface area contributed by atoms with Crippen molar-refractivity contribution in [2.75, 3.05) is 25.5 Å². The Balaban J connectivity index is 1.64. The molecule has 1 fully saturated rings. The van der Waals surface area contributed by atoms with Crippen molar-refractivity contribution in [2.45, 2.75) is 31.1 Å². The number of phenolic OH excluding ortho intramolecular Hbond substituents is 1. The third-order valence-corrected chi connectivity index (χ3v) is 7.53.